The Morgan fingerprint density at radius 1 is 1.14 bits per heavy atom. The molecule has 3 heterocycles. The number of aromatic nitrogens is 5. The van der Waals surface area contributed by atoms with Crippen molar-refractivity contribution in [1.29, 1.82) is 0 Å². The normalized spacial score (nSPS) is 13.8. The van der Waals surface area contributed by atoms with Crippen LogP contribution in [0.15, 0.2) is 71.9 Å². The van der Waals surface area contributed by atoms with Crippen LogP contribution < -0.4 is 11.1 Å². The van der Waals surface area contributed by atoms with Crippen LogP contribution in [0.4, 0.5) is 11.8 Å². The number of nitrogens with one attached hydrogen (secondary N) is 2. The second-order valence-electron chi connectivity index (χ2n) is 9.11. The van der Waals surface area contributed by atoms with Crippen LogP contribution in [0, 0.1) is 6.92 Å². The van der Waals surface area contributed by atoms with Crippen molar-refractivity contribution in [1.82, 2.24) is 24.1 Å². The average Bonchev–Trinajstić information content (AvgIpc) is 3.43. The van der Waals surface area contributed by atoms with Gasteiger partial charge in [-0.1, -0.05) is 29.8 Å². The van der Waals surface area contributed by atoms with Gasteiger partial charge in [-0.05, 0) is 55.7 Å². The Bertz CT molecular complexity index is 1680. The molecule has 0 unspecified atom stereocenters. The number of hydrogen-bond donors (Lipinski definition) is 3. The Kier molecular flexibility index (Phi) is 5.26. The summed E-state index contributed by atoms with van der Waals surface area (Å²) < 4.78 is 27.8. The van der Waals surface area contributed by atoms with E-state index in [9.17, 15) is 8.42 Å². The van der Waals surface area contributed by atoms with E-state index in [0.29, 0.717) is 35.3 Å². The number of nitrogens with two attached hydrogens (primary N) is 1. The Morgan fingerprint density at radius 3 is 2.69 bits per heavy atom. The van der Waals surface area contributed by atoms with Gasteiger partial charge in [-0.3, -0.25) is 5.10 Å². The van der Waals surface area contributed by atoms with Crippen LogP contribution in [0.3, 0.4) is 0 Å². The molecule has 1 saturated carbocycles. The zero-order chi connectivity index (χ0) is 24.9. The highest BCUT2D eigenvalue weighted by molar-refractivity contribution is 7.90. The van der Waals surface area contributed by atoms with E-state index < -0.39 is 10.0 Å². The van der Waals surface area contributed by atoms with Gasteiger partial charge < -0.3 is 11.1 Å². The lowest BCUT2D eigenvalue weighted by Gasteiger charge is -2.10. The molecule has 0 radical (unpaired) electrons. The standard InChI is InChI=1S/C26H25N7O2S/c1-16-5-9-19(10-6-16)36(34,35)33-12-11-20-18(3-2-4-24(20)33)14-28-26-29-15-21(25(27)30-26)23-13-22(31-32-23)17-7-8-17/h2-6,9-13,15,17H,7-8,14H2,1H3,(H,31,32)(H3,27,28,29,30). The summed E-state index contributed by atoms with van der Waals surface area (Å²) >= 11 is 0. The van der Waals surface area contributed by atoms with Gasteiger partial charge in [0.25, 0.3) is 10.0 Å². The molecule has 1 aliphatic rings. The molecule has 36 heavy (non-hydrogen) atoms. The van der Waals surface area contributed by atoms with E-state index >= 15 is 0 Å². The van der Waals surface area contributed by atoms with E-state index in [1.807, 2.05) is 31.2 Å². The second kappa shape index (κ2) is 8.49. The van der Waals surface area contributed by atoms with Crippen LogP contribution in [0.5, 0.6) is 0 Å². The molecule has 10 heteroatoms. The van der Waals surface area contributed by atoms with Crippen LogP contribution in [0.1, 0.15) is 35.6 Å². The van der Waals surface area contributed by atoms with Crippen molar-refractivity contribution in [3.8, 4) is 11.3 Å². The molecule has 6 rings (SSSR count). The Labute approximate surface area is 208 Å². The Hall–Kier alpha value is -4.18. The maximum absolute atomic E-state index is 13.2. The molecule has 0 spiro atoms. The van der Waals surface area contributed by atoms with Gasteiger partial charge >= 0.3 is 0 Å². The highest BCUT2D eigenvalue weighted by Gasteiger charge is 2.26. The van der Waals surface area contributed by atoms with Crippen molar-refractivity contribution in [2.75, 3.05) is 11.1 Å². The maximum Gasteiger partial charge on any atom is 0.268 e. The first-order valence-electron chi connectivity index (χ1n) is 11.7. The number of H-pyrrole nitrogens is 1. The van der Waals surface area contributed by atoms with Crippen LogP contribution in [-0.4, -0.2) is 32.6 Å². The van der Waals surface area contributed by atoms with Gasteiger partial charge in [0.2, 0.25) is 5.95 Å². The second-order valence-corrected chi connectivity index (χ2v) is 10.9. The van der Waals surface area contributed by atoms with Gasteiger partial charge in [-0.25, -0.2) is 17.4 Å². The molecule has 3 aromatic heterocycles. The van der Waals surface area contributed by atoms with Crippen LogP contribution >= 0.6 is 0 Å². The minimum absolute atomic E-state index is 0.249. The average molecular weight is 500 g/mol. The lowest BCUT2D eigenvalue weighted by Crippen LogP contribution is -2.12. The quantitative estimate of drug-likeness (QED) is 0.302. The molecule has 5 aromatic rings. The molecule has 2 aromatic carbocycles. The molecular weight excluding hydrogens is 474 g/mol. The molecule has 0 aliphatic heterocycles. The number of nitrogens with zero attached hydrogens (tertiary/aromatic N) is 4. The zero-order valence-electron chi connectivity index (χ0n) is 19.6. The van der Waals surface area contributed by atoms with Crippen LogP contribution in [-0.2, 0) is 16.6 Å². The van der Waals surface area contributed by atoms with Crippen LogP contribution in [0.25, 0.3) is 22.2 Å². The Morgan fingerprint density at radius 2 is 1.94 bits per heavy atom. The van der Waals surface area contributed by atoms with Gasteiger partial charge in [0.15, 0.2) is 0 Å². The van der Waals surface area contributed by atoms with E-state index in [1.165, 1.54) is 16.8 Å². The topological polar surface area (TPSA) is 132 Å². The van der Waals surface area contributed by atoms with Crippen molar-refractivity contribution < 1.29 is 8.42 Å². The van der Waals surface area contributed by atoms with Crippen molar-refractivity contribution in [3.63, 3.8) is 0 Å². The monoisotopic (exact) mass is 499 g/mol. The summed E-state index contributed by atoms with van der Waals surface area (Å²) in [4.78, 5) is 9.07. The smallest absolute Gasteiger partial charge is 0.268 e. The number of rotatable bonds is 7. The summed E-state index contributed by atoms with van der Waals surface area (Å²) in [6, 6.07) is 16.2. The lowest BCUT2D eigenvalue weighted by atomic mass is 10.1. The van der Waals surface area contributed by atoms with Crippen LogP contribution in [0.2, 0.25) is 0 Å². The molecule has 0 amide bonds. The fourth-order valence-electron chi connectivity index (χ4n) is 4.32. The molecule has 0 bridgehead atoms. The van der Waals surface area contributed by atoms with E-state index in [2.05, 4.69) is 25.5 Å². The number of fused-ring (bicyclic) bond motifs is 1. The predicted molar refractivity (Wildman–Crippen MR) is 139 cm³/mol. The largest absolute Gasteiger partial charge is 0.383 e. The van der Waals surface area contributed by atoms with E-state index in [4.69, 9.17) is 5.73 Å². The first-order chi connectivity index (χ1) is 17.4. The van der Waals surface area contributed by atoms with Gasteiger partial charge in [-0.15, -0.1) is 0 Å². The van der Waals surface area contributed by atoms with Gasteiger partial charge in [0.1, 0.15) is 5.82 Å². The third-order valence-electron chi connectivity index (χ3n) is 6.51. The molecule has 1 fully saturated rings. The molecule has 0 atom stereocenters. The molecule has 182 valence electrons. The van der Waals surface area contributed by atoms with Crippen molar-refractivity contribution in [2.24, 2.45) is 0 Å². The van der Waals surface area contributed by atoms with Crippen molar-refractivity contribution in [3.05, 3.63) is 83.8 Å². The first-order valence-corrected chi connectivity index (χ1v) is 13.2. The molecule has 0 saturated heterocycles. The fourth-order valence-corrected chi connectivity index (χ4v) is 5.67. The summed E-state index contributed by atoms with van der Waals surface area (Å²) in [6.45, 7) is 2.33. The van der Waals surface area contributed by atoms with Gasteiger partial charge in [0, 0.05) is 35.9 Å². The third kappa shape index (κ3) is 3.99. The number of aromatic amines is 1. The van der Waals surface area contributed by atoms with Gasteiger partial charge in [0.05, 0.1) is 21.7 Å². The van der Waals surface area contributed by atoms with E-state index in [1.54, 1.807) is 42.7 Å². The predicted octanol–water partition coefficient (Wildman–Crippen LogP) is 4.44. The lowest BCUT2D eigenvalue weighted by molar-refractivity contribution is 0.589. The Balaban J connectivity index is 1.23. The number of benzene rings is 2. The van der Waals surface area contributed by atoms with Crippen molar-refractivity contribution >= 4 is 32.7 Å². The third-order valence-corrected chi connectivity index (χ3v) is 8.22. The molecule has 9 nitrogen and oxygen atoms in total. The van der Waals surface area contributed by atoms with E-state index in [-0.39, 0.29) is 4.90 Å². The number of anilines is 2. The molecular formula is C26H25N7O2S. The summed E-state index contributed by atoms with van der Waals surface area (Å²) in [5.74, 6) is 1.30. The fraction of sp³-hybridized carbons (Fsp3) is 0.192. The molecule has 4 N–H and O–H groups in total. The first kappa shape index (κ1) is 22.3. The summed E-state index contributed by atoms with van der Waals surface area (Å²) in [6.07, 6.45) is 5.63. The number of hydrogen-bond acceptors (Lipinski definition) is 7. The highest BCUT2D eigenvalue weighted by atomic mass is 32.2. The SMILES string of the molecule is Cc1ccc(S(=O)(=O)n2ccc3c(CNc4ncc(-c5cc(C6CC6)[nH]n5)c(N)n4)cccc32)cc1. The minimum Gasteiger partial charge on any atom is -0.383 e. The van der Waals surface area contributed by atoms with E-state index in [0.717, 1.165) is 27.9 Å². The maximum atomic E-state index is 13.2. The summed E-state index contributed by atoms with van der Waals surface area (Å²) in [5.41, 5.74) is 11.3. The zero-order valence-corrected chi connectivity index (χ0v) is 20.5. The number of aryl methyl sites for hydroxylation is 1. The number of nitrogen functional groups attached to an aromatic ring is 1. The highest BCUT2D eigenvalue weighted by Crippen LogP contribution is 2.40. The van der Waals surface area contributed by atoms with Crippen molar-refractivity contribution in [2.45, 2.75) is 37.1 Å². The summed E-state index contributed by atoms with van der Waals surface area (Å²) in [5, 5.41) is 11.5. The van der Waals surface area contributed by atoms with Gasteiger partial charge in [-0.2, -0.15) is 10.1 Å². The molecule has 1 aliphatic carbocycles. The summed E-state index contributed by atoms with van der Waals surface area (Å²) in [7, 11) is -3.71. The minimum atomic E-state index is -3.71.